The van der Waals surface area contributed by atoms with Crippen LogP contribution < -0.4 is 0 Å². The first-order chi connectivity index (χ1) is 12.7. The molecule has 0 bridgehead atoms. The summed E-state index contributed by atoms with van der Waals surface area (Å²) in [5.74, 6) is 1.08. The Balaban J connectivity index is 1.67. The molecule has 3 aromatic rings. The van der Waals surface area contributed by atoms with E-state index in [1.54, 1.807) is 0 Å². The maximum Gasteiger partial charge on any atom is 0.130 e. The van der Waals surface area contributed by atoms with Crippen molar-refractivity contribution in [2.45, 2.75) is 19.3 Å². The van der Waals surface area contributed by atoms with Crippen molar-refractivity contribution in [3.05, 3.63) is 82.4 Å². The molecule has 0 amide bonds. The van der Waals surface area contributed by atoms with Gasteiger partial charge < -0.3 is 4.90 Å². The van der Waals surface area contributed by atoms with Crippen LogP contribution in [0.3, 0.4) is 0 Å². The Morgan fingerprint density at radius 1 is 0.962 bits per heavy atom. The lowest BCUT2D eigenvalue weighted by molar-refractivity contribution is 0.468. The van der Waals surface area contributed by atoms with E-state index in [9.17, 15) is 0 Å². The van der Waals surface area contributed by atoms with Crippen molar-refractivity contribution in [3.63, 3.8) is 0 Å². The third kappa shape index (κ3) is 3.34. The second-order valence-corrected chi connectivity index (χ2v) is 7.29. The molecule has 1 aliphatic heterocycles. The van der Waals surface area contributed by atoms with Crippen LogP contribution in [0, 0.1) is 0 Å². The standard InChI is InChI=1S/C23H23ClN2/c1-26-16-6-15-25-23(26)21-11-5-12-22(24)20(21)14-13-18-9-4-8-17-7-2-3-10-19(17)18/h2-5,7-12H,6,13-16H2,1H3. The molecule has 26 heavy (non-hydrogen) atoms. The van der Waals surface area contributed by atoms with Crippen LogP contribution in [0.1, 0.15) is 23.1 Å². The summed E-state index contributed by atoms with van der Waals surface area (Å²) in [7, 11) is 2.12. The highest BCUT2D eigenvalue weighted by molar-refractivity contribution is 6.32. The third-order valence-electron chi connectivity index (χ3n) is 5.16. The Labute approximate surface area is 160 Å². The molecule has 4 rings (SSSR count). The number of fused-ring (bicyclic) bond motifs is 1. The maximum absolute atomic E-state index is 6.61. The predicted molar refractivity (Wildman–Crippen MR) is 111 cm³/mol. The summed E-state index contributed by atoms with van der Waals surface area (Å²) in [6.07, 6.45) is 3.00. The van der Waals surface area contributed by atoms with E-state index in [-0.39, 0.29) is 0 Å². The zero-order chi connectivity index (χ0) is 17.9. The van der Waals surface area contributed by atoms with E-state index in [1.165, 1.54) is 27.5 Å². The molecule has 0 fully saturated rings. The molecule has 3 heteroatoms. The molecular formula is C23H23ClN2. The van der Waals surface area contributed by atoms with Gasteiger partial charge in [0.1, 0.15) is 5.84 Å². The normalized spacial score (nSPS) is 14.5. The molecule has 1 aliphatic rings. The number of hydrogen-bond donors (Lipinski definition) is 0. The molecule has 0 saturated carbocycles. The van der Waals surface area contributed by atoms with Crippen molar-refractivity contribution in [2.75, 3.05) is 20.1 Å². The Morgan fingerprint density at radius 3 is 2.65 bits per heavy atom. The Morgan fingerprint density at radius 2 is 1.77 bits per heavy atom. The lowest BCUT2D eigenvalue weighted by atomic mass is 9.95. The number of amidine groups is 1. The molecule has 2 nitrogen and oxygen atoms in total. The summed E-state index contributed by atoms with van der Waals surface area (Å²) >= 11 is 6.61. The van der Waals surface area contributed by atoms with Gasteiger partial charge in [0.05, 0.1) is 0 Å². The summed E-state index contributed by atoms with van der Waals surface area (Å²) in [6, 6.07) is 21.3. The lowest BCUT2D eigenvalue weighted by Gasteiger charge is -2.27. The molecule has 0 spiro atoms. The molecular weight excluding hydrogens is 340 g/mol. The number of benzene rings is 3. The summed E-state index contributed by atoms with van der Waals surface area (Å²) in [4.78, 5) is 7.02. The molecule has 0 radical (unpaired) electrons. The van der Waals surface area contributed by atoms with Gasteiger partial charge in [-0.15, -0.1) is 0 Å². The van der Waals surface area contributed by atoms with Crippen LogP contribution in [0.15, 0.2) is 65.7 Å². The molecule has 0 aliphatic carbocycles. The maximum atomic E-state index is 6.61. The highest BCUT2D eigenvalue weighted by Gasteiger charge is 2.18. The fourth-order valence-corrected chi connectivity index (χ4v) is 4.07. The molecule has 0 aromatic heterocycles. The summed E-state index contributed by atoms with van der Waals surface area (Å²) in [5, 5.41) is 3.46. The second kappa shape index (κ2) is 7.51. The molecule has 0 atom stereocenters. The van der Waals surface area contributed by atoms with Crippen LogP contribution >= 0.6 is 11.6 Å². The van der Waals surface area contributed by atoms with E-state index in [2.05, 4.69) is 60.5 Å². The van der Waals surface area contributed by atoms with Crippen LogP contribution in [-0.4, -0.2) is 30.9 Å². The van der Waals surface area contributed by atoms with Crippen LogP contribution in [0.5, 0.6) is 0 Å². The zero-order valence-corrected chi connectivity index (χ0v) is 15.8. The molecule has 0 unspecified atom stereocenters. The number of aliphatic imine (C=N–C) groups is 1. The highest BCUT2D eigenvalue weighted by Crippen LogP contribution is 2.26. The lowest BCUT2D eigenvalue weighted by Crippen LogP contribution is -2.33. The van der Waals surface area contributed by atoms with Gasteiger partial charge in [-0.05, 0) is 47.2 Å². The van der Waals surface area contributed by atoms with Gasteiger partial charge in [0.2, 0.25) is 0 Å². The minimum Gasteiger partial charge on any atom is -0.359 e. The summed E-state index contributed by atoms with van der Waals surface area (Å²) < 4.78 is 0. The van der Waals surface area contributed by atoms with Crippen molar-refractivity contribution in [1.29, 1.82) is 0 Å². The minimum absolute atomic E-state index is 0.837. The van der Waals surface area contributed by atoms with Gasteiger partial charge in [-0.25, -0.2) is 0 Å². The van der Waals surface area contributed by atoms with Gasteiger partial charge >= 0.3 is 0 Å². The molecule has 1 heterocycles. The van der Waals surface area contributed by atoms with Crippen molar-refractivity contribution >= 4 is 28.2 Å². The minimum atomic E-state index is 0.837. The Bertz CT molecular complexity index is 956. The second-order valence-electron chi connectivity index (χ2n) is 6.88. The Hall–Kier alpha value is -2.32. The first-order valence-electron chi connectivity index (χ1n) is 9.24. The SMILES string of the molecule is CN1CCCN=C1c1cccc(Cl)c1CCc1cccc2ccccc12. The highest BCUT2D eigenvalue weighted by atomic mass is 35.5. The number of aryl methyl sites for hydroxylation is 1. The molecule has 0 N–H and O–H groups in total. The van der Waals surface area contributed by atoms with E-state index in [4.69, 9.17) is 16.6 Å². The van der Waals surface area contributed by atoms with Crippen LogP contribution in [0.2, 0.25) is 5.02 Å². The number of nitrogens with zero attached hydrogens (tertiary/aromatic N) is 2. The number of rotatable bonds is 4. The van der Waals surface area contributed by atoms with E-state index < -0.39 is 0 Å². The van der Waals surface area contributed by atoms with Crippen LogP contribution in [-0.2, 0) is 12.8 Å². The molecule has 132 valence electrons. The van der Waals surface area contributed by atoms with Crippen molar-refractivity contribution in [3.8, 4) is 0 Å². The van der Waals surface area contributed by atoms with Gasteiger partial charge in [0.15, 0.2) is 0 Å². The zero-order valence-electron chi connectivity index (χ0n) is 15.1. The van der Waals surface area contributed by atoms with Crippen molar-refractivity contribution in [2.24, 2.45) is 4.99 Å². The topological polar surface area (TPSA) is 15.6 Å². The van der Waals surface area contributed by atoms with Crippen molar-refractivity contribution < 1.29 is 0 Å². The summed E-state index contributed by atoms with van der Waals surface area (Å²) in [6.45, 7) is 1.95. The van der Waals surface area contributed by atoms with Crippen LogP contribution in [0.25, 0.3) is 10.8 Å². The van der Waals surface area contributed by atoms with Crippen LogP contribution in [0.4, 0.5) is 0 Å². The van der Waals surface area contributed by atoms with E-state index in [0.717, 1.165) is 43.2 Å². The van der Waals surface area contributed by atoms with E-state index in [1.807, 2.05) is 12.1 Å². The predicted octanol–water partition coefficient (Wildman–Crippen LogP) is 5.36. The first kappa shape index (κ1) is 17.1. The van der Waals surface area contributed by atoms with Gasteiger partial charge in [-0.2, -0.15) is 0 Å². The van der Waals surface area contributed by atoms with Crippen molar-refractivity contribution in [1.82, 2.24) is 4.90 Å². The first-order valence-corrected chi connectivity index (χ1v) is 9.62. The van der Waals surface area contributed by atoms with Gasteiger partial charge in [-0.3, -0.25) is 4.99 Å². The monoisotopic (exact) mass is 362 g/mol. The van der Waals surface area contributed by atoms with Gasteiger partial charge in [-0.1, -0.05) is 66.2 Å². The largest absolute Gasteiger partial charge is 0.359 e. The number of hydrogen-bond acceptors (Lipinski definition) is 2. The number of halogens is 1. The van der Waals surface area contributed by atoms with Gasteiger partial charge in [0, 0.05) is 30.7 Å². The third-order valence-corrected chi connectivity index (χ3v) is 5.51. The molecule has 3 aromatic carbocycles. The Kier molecular flexibility index (Phi) is 4.94. The average molecular weight is 363 g/mol. The van der Waals surface area contributed by atoms with E-state index >= 15 is 0 Å². The molecule has 0 saturated heterocycles. The fourth-order valence-electron chi connectivity index (χ4n) is 3.80. The smallest absolute Gasteiger partial charge is 0.130 e. The van der Waals surface area contributed by atoms with E-state index in [0.29, 0.717) is 0 Å². The quantitative estimate of drug-likeness (QED) is 0.610. The van der Waals surface area contributed by atoms with Gasteiger partial charge in [0.25, 0.3) is 0 Å². The fraction of sp³-hybridized carbons (Fsp3) is 0.261. The average Bonchev–Trinajstić information content (AvgIpc) is 2.67. The summed E-state index contributed by atoms with van der Waals surface area (Å²) in [5.41, 5.74) is 3.75.